The van der Waals surface area contributed by atoms with Gasteiger partial charge in [-0.05, 0) is 37.5 Å². The zero-order valence-corrected chi connectivity index (χ0v) is 9.04. The Labute approximate surface area is 89.9 Å². The van der Waals surface area contributed by atoms with Crippen LogP contribution >= 0.6 is 0 Å². The molecule has 0 bridgehead atoms. The fraction of sp³-hybridized carbons (Fsp3) is 0.500. The molecule has 3 heteroatoms. The lowest BCUT2D eigenvalue weighted by atomic mass is 10.2. The van der Waals surface area contributed by atoms with E-state index in [1.165, 1.54) is 6.07 Å². The van der Waals surface area contributed by atoms with Crippen LogP contribution in [0.5, 0.6) is 0 Å². The second-order valence-corrected chi connectivity index (χ2v) is 4.51. The molecule has 1 aliphatic carbocycles. The molecule has 1 fully saturated rings. The van der Waals surface area contributed by atoms with E-state index >= 15 is 0 Å². The molecule has 0 aliphatic heterocycles. The van der Waals surface area contributed by atoms with Crippen LogP contribution in [0, 0.1) is 5.82 Å². The van der Waals surface area contributed by atoms with Gasteiger partial charge in [-0.1, -0.05) is 6.07 Å². The van der Waals surface area contributed by atoms with Crippen molar-refractivity contribution < 1.29 is 4.39 Å². The third-order valence-corrected chi connectivity index (χ3v) is 3.09. The van der Waals surface area contributed by atoms with Crippen molar-refractivity contribution in [3.8, 4) is 0 Å². The van der Waals surface area contributed by atoms with E-state index in [0.717, 1.165) is 31.5 Å². The number of halogens is 1. The van der Waals surface area contributed by atoms with Gasteiger partial charge >= 0.3 is 0 Å². The Hall–Kier alpha value is -1.09. The summed E-state index contributed by atoms with van der Waals surface area (Å²) in [6.07, 6.45) is 3.24. The quantitative estimate of drug-likeness (QED) is 0.821. The number of benzene rings is 1. The third kappa shape index (κ3) is 2.69. The molecule has 1 aromatic carbocycles. The first kappa shape index (κ1) is 10.4. The van der Waals surface area contributed by atoms with Gasteiger partial charge in [0.1, 0.15) is 5.82 Å². The summed E-state index contributed by atoms with van der Waals surface area (Å²) in [7, 11) is 1.97. The molecule has 15 heavy (non-hydrogen) atoms. The van der Waals surface area contributed by atoms with Crippen molar-refractivity contribution in [2.24, 2.45) is 5.73 Å². The summed E-state index contributed by atoms with van der Waals surface area (Å²) in [5.41, 5.74) is 6.99. The molecular formula is C12H17FN2. The van der Waals surface area contributed by atoms with Gasteiger partial charge in [0.25, 0.3) is 0 Å². The normalized spacial score (nSPS) is 17.5. The van der Waals surface area contributed by atoms with Crippen molar-refractivity contribution in [2.45, 2.75) is 24.8 Å². The first-order valence-corrected chi connectivity index (χ1v) is 5.35. The lowest BCUT2D eigenvalue weighted by Gasteiger charge is -2.21. The van der Waals surface area contributed by atoms with Gasteiger partial charge in [0.05, 0.1) is 0 Å². The highest BCUT2D eigenvalue weighted by Crippen LogP contribution is 2.35. The number of rotatable bonds is 4. The topological polar surface area (TPSA) is 29.3 Å². The summed E-state index contributed by atoms with van der Waals surface area (Å²) < 4.78 is 13.0. The monoisotopic (exact) mass is 208 g/mol. The van der Waals surface area contributed by atoms with Crippen LogP contribution in [0.4, 0.5) is 10.1 Å². The average Bonchev–Trinajstić information content (AvgIpc) is 2.94. The van der Waals surface area contributed by atoms with E-state index in [0.29, 0.717) is 0 Å². The van der Waals surface area contributed by atoms with Crippen molar-refractivity contribution >= 4 is 5.69 Å². The predicted octanol–water partition coefficient (Wildman–Crippen LogP) is 2.14. The summed E-state index contributed by atoms with van der Waals surface area (Å²) in [4.78, 5) is 2.05. The van der Waals surface area contributed by atoms with Crippen LogP contribution in [0.2, 0.25) is 0 Å². The highest BCUT2D eigenvalue weighted by atomic mass is 19.1. The molecule has 2 nitrogen and oxygen atoms in total. The molecule has 82 valence electrons. The predicted molar refractivity (Wildman–Crippen MR) is 60.4 cm³/mol. The van der Waals surface area contributed by atoms with Crippen LogP contribution in [-0.4, -0.2) is 19.1 Å². The summed E-state index contributed by atoms with van der Waals surface area (Å²) in [5, 5.41) is 0. The Kier molecular flexibility index (Phi) is 2.65. The van der Waals surface area contributed by atoms with Crippen LogP contribution in [-0.2, 0) is 0 Å². The minimum atomic E-state index is -0.187. The zero-order valence-electron chi connectivity index (χ0n) is 9.04. The molecule has 0 amide bonds. The van der Waals surface area contributed by atoms with Gasteiger partial charge in [-0.2, -0.15) is 0 Å². The first-order valence-electron chi connectivity index (χ1n) is 5.35. The minimum absolute atomic E-state index is 0.0710. The van der Waals surface area contributed by atoms with Gasteiger partial charge in [-0.15, -0.1) is 0 Å². The molecule has 2 N–H and O–H groups in total. The van der Waals surface area contributed by atoms with E-state index in [1.807, 2.05) is 13.1 Å². The van der Waals surface area contributed by atoms with E-state index in [9.17, 15) is 4.39 Å². The highest BCUT2D eigenvalue weighted by molar-refractivity contribution is 5.45. The molecule has 2 rings (SSSR count). The molecule has 0 saturated heterocycles. The number of nitrogens with zero attached hydrogens (tertiary/aromatic N) is 1. The lowest BCUT2D eigenvalue weighted by Crippen LogP contribution is -2.29. The second kappa shape index (κ2) is 3.81. The molecule has 1 aliphatic rings. The largest absolute Gasteiger partial charge is 0.374 e. The van der Waals surface area contributed by atoms with Crippen LogP contribution in [0.1, 0.15) is 19.3 Å². The van der Waals surface area contributed by atoms with Crippen LogP contribution in [0.15, 0.2) is 24.3 Å². The van der Waals surface area contributed by atoms with Gasteiger partial charge in [-0.3, -0.25) is 0 Å². The summed E-state index contributed by atoms with van der Waals surface area (Å²) in [6, 6.07) is 6.66. The second-order valence-electron chi connectivity index (χ2n) is 4.51. The van der Waals surface area contributed by atoms with Crippen LogP contribution < -0.4 is 10.6 Å². The molecule has 0 heterocycles. The molecular weight excluding hydrogens is 191 g/mol. The lowest BCUT2D eigenvalue weighted by molar-refractivity contribution is 0.603. The van der Waals surface area contributed by atoms with Gasteiger partial charge in [0.2, 0.25) is 0 Å². The fourth-order valence-corrected chi connectivity index (χ4v) is 1.64. The summed E-state index contributed by atoms with van der Waals surface area (Å²) in [5.74, 6) is -0.187. The number of hydrogen-bond donors (Lipinski definition) is 1. The van der Waals surface area contributed by atoms with Gasteiger partial charge in [0.15, 0.2) is 0 Å². The van der Waals surface area contributed by atoms with Crippen molar-refractivity contribution in [3.05, 3.63) is 30.1 Å². The summed E-state index contributed by atoms with van der Waals surface area (Å²) >= 11 is 0. The number of nitrogens with two attached hydrogens (primary N) is 1. The molecule has 0 spiro atoms. The molecule has 0 aromatic heterocycles. The number of hydrogen-bond acceptors (Lipinski definition) is 2. The Morgan fingerprint density at radius 1 is 1.47 bits per heavy atom. The minimum Gasteiger partial charge on any atom is -0.374 e. The maximum atomic E-state index is 13.0. The van der Waals surface area contributed by atoms with E-state index < -0.39 is 0 Å². The van der Waals surface area contributed by atoms with Crippen molar-refractivity contribution in [3.63, 3.8) is 0 Å². The Bertz CT molecular complexity index is 347. The molecule has 1 saturated carbocycles. The first-order chi connectivity index (χ1) is 7.09. The average molecular weight is 208 g/mol. The van der Waals surface area contributed by atoms with Crippen LogP contribution in [0.25, 0.3) is 0 Å². The fourth-order valence-electron chi connectivity index (χ4n) is 1.64. The van der Waals surface area contributed by atoms with Gasteiger partial charge in [0, 0.05) is 24.8 Å². The molecule has 0 unspecified atom stereocenters. The van der Waals surface area contributed by atoms with Crippen LogP contribution in [0.3, 0.4) is 0 Å². The molecule has 0 radical (unpaired) electrons. The van der Waals surface area contributed by atoms with E-state index in [-0.39, 0.29) is 11.4 Å². The SMILES string of the molecule is CN(CCC1(N)CC1)c1cccc(F)c1. The van der Waals surface area contributed by atoms with Gasteiger partial charge < -0.3 is 10.6 Å². The smallest absolute Gasteiger partial charge is 0.125 e. The van der Waals surface area contributed by atoms with E-state index in [4.69, 9.17) is 5.73 Å². The number of anilines is 1. The summed E-state index contributed by atoms with van der Waals surface area (Å²) in [6.45, 7) is 0.889. The Morgan fingerprint density at radius 2 is 2.20 bits per heavy atom. The Morgan fingerprint density at radius 3 is 2.80 bits per heavy atom. The zero-order chi connectivity index (χ0) is 10.9. The maximum absolute atomic E-state index is 13.0. The molecule has 0 atom stereocenters. The maximum Gasteiger partial charge on any atom is 0.125 e. The van der Waals surface area contributed by atoms with Gasteiger partial charge in [-0.25, -0.2) is 4.39 Å². The van der Waals surface area contributed by atoms with Crippen molar-refractivity contribution in [2.75, 3.05) is 18.5 Å². The Balaban J connectivity index is 1.92. The van der Waals surface area contributed by atoms with E-state index in [1.54, 1.807) is 12.1 Å². The highest BCUT2D eigenvalue weighted by Gasteiger charge is 2.37. The van der Waals surface area contributed by atoms with Crippen molar-refractivity contribution in [1.82, 2.24) is 0 Å². The third-order valence-electron chi connectivity index (χ3n) is 3.09. The standard InChI is InChI=1S/C12H17FN2/c1-15(8-7-12(14)5-6-12)11-4-2-3-10(13)9-11/h2-4,9H,5-8,14H2,1H3. The molecule has 1 aromatic rings. The van der Waals surface area contributed by atoms with Crippen molar-refractivity contribution in [1.29, 1.82) is 0 Å². The van der Waals surface area contributed by atoms with E-state index in [2.05, 4.69) is 4.90 Å².